The first-order valence-corrected chi connectivity index (χ1v) is 8.77. The van der Waals surface area contributed by atoms with Crippen LogP contribution in [0.2, 0.25) is 0 Å². The minimum absolute atomic E-state index is 0.0921. The Kier molecular flexibility index (Phi) is 6.57. The van der Waals surface area contributed by atoms with Crippen molar-refractivity contribution in [1.29, 1.82) is 0 Å². The molecule has 0 radical (unpaired) electrons. The Bertz CT molecular complexity index is 760. The van der Waals surface area contributed by atoms with E-state index in [1.165, 1.54) is 12.3 Å². The van der Waals surface area contributed by atoms with Gasteiger partial charge in [0.15, 0.2) is 10.9 Å². The Hall–Kier alpha value is -1.47. The number of amides is 1. The van der Waals surface area contributed by atoms with Crippen LogP contribution in [0.25, 0.3) is 0 Å². The SMILES string of the molecule is Cc1ccc(C)c(NC(=S)N[C@H](NC(=O)c2ccco2)C(Cl)(Cl)Cl)c1. The summed E-state index contributed by atoms with van der Waals surface area (Å²) in [4.78, 5) is 12.1. The van der Waals surface area contributed by atoms with E-state index in [0.29, 0.717) is 0 Å². The topological polar surface area (TPSA) is 66.3 Å². The number of benzene rings is 1. The number of thiocarbonyl (C=S) groups is 1. The van der Waals surface area contributed by atoms with Gasteiger partial charge in [-0.15, -0.1) is 0 Å². The number of alkyl halides is 3. The second-order valence-electron chi connectivity index (χ2n) is 5.34. The average molecular weight is 421 g/mol. The Morgan fingerprint density at radius 2 is 1.92 bits per heavy atom. The molecule has 1 aromatic carbocycles. The van der Waals surface area contributed by atoms with Crippen molar-refractivity contribution in [3.05, 3.63) is 53.5 Å². The van der Waals surface area contributed by atoms with Gasteiger partial charge in [-0.25, -0.2) is 0 Å². The highest BCUT2D eigenvalue weighted by Crippen LogP contribution is 2.29. The first-order valence-electron chi connectivity index (χ1n) is 7.22. The van der Waals surface area contributed by atoms with Crippen molar-refractivity contribution in [3.8, 4) is 0 Å². The summed E-state index contributed by atoms with van der Waals surface area (Å²) < 4.78 is 3.18. The number of furan rings is 1. The summed E-state index contributed by atoms with van der Waals surface area (Å²) in [5.41, 5.74) is 2.89. The Morgan fingerprint density at radius 1 is 1.20 bits per heavy atom. The molecule has 0 saturated carbocycles. The number of nitrogens with one attached hydrogen (secondary N) is 3. The molecular formula is C16H16Cl3N3O2S. The van der Waals surface area contributed by atoms with Crippen LogP contribution < -0.4 is 16.0 Å². The molecule has 9 heteroatoms. The van der Waals surface area contributed by atoms with Crippen LogP contribution in [-0.2, 0) is 0 Å². The van der Waals surface area contributed by atoms with E-state index in [1.54, 1.807) is 6.07 Å². The van der Waals surface area contributed by atoms with Crippen LogP contribution in [0.4, 0.5) is 5.69 Å². The molecule has 1 aromatic heterocycles. The smallest absolute Gasteiger partial charge is 0.288 e. The number of carbonyl (C=O) groups excluding carboxylic acids is 1. The van der Waals surface area contributed by atoms with Crippen molar-refractivity contribution in [2.75, 3.05) is 5.32 Å². The normalized spacial score (nSPS) is 12.4. The van der Waals surface area contributed by atoms with Crippen molar-refractivity contribution >= 4 is 63.7 Å². The van der Waals surface area contributed by atoms with Gasteiger partial charge in [-0.3, -0.25) is 4.79 Å². The molecule has 0 fully saturated rings. The van der Waals surface area contributed by atoms with Crippen LogP contribution in [0, 0.1) is 13.8 Å². The lowest BCUT2D eigenvalue weighted by Gasteiger charge is -2.27. The summed E-state index contributed by atoms with van der Waals surface area (Å²) in [6.07, 6.45) is 0.305. The molecule has 0 bridgehead atoms. The maximum Gasteiger partial charge on any atom is 0.288 e. The maximum atomic E-state index is 12.1. The van der Waals surface area contributed by atoms with Gasteiger partial charge >= 0.3 is 0 Å². The molecule has 25 heavy (non-hydrogen) atoms. The molecule has 134 valence electrons. The fourth-order valence-electron chi connectivity index (χ4n) is 1.97. The quantitative estimate of drug-likeness (QED) is 0.391. The molecule has 5 nitrogen and oxygen atoms in total. The van der Waals surface area contributed by atoms with Crippen LogP contribution in [0.15, 0.2) is 41.0 Å². The van der Waals surface area contributed by atoms with Gasteiger partial charge < -0.3 is 20.4 Å². The molecule has 0 aliphatic heterocycles. The zero-order valence-electron chi connectivity index (χ0n) is 13.4. The molecular weight excluding hydrogens is 405 g/mol. The molecule has 1 atom stereocenters. The van der Waals surface area contributed by atoms with Crippen LogP contribution >= 0.6 is 47.0 Å². The molecule has 3 N–H and O–H groups in total. The minimum Gasteiger partial charge on any atom is -0.459 e. The van der Waals surface area contributed by atoms with E-state index in [4.69, 9.17) is 51.4 Å². The lowest BCUT2D eigenvalue weighted by Crippen LogP contribution is -2.56. The molecule has 2 rings (SSSR count). The summed E-state index contributed by atoms with van der Waals surface area (Å²) in [7, 11) is 0. The van der Waals surface area contributed by atoms with Gasteiger partial charge in [-0.2, -0.15) is 0 Å². The average Bonchev–Trinajstić information content (AvgIpc) is 3.03. The van der Waals surface area contributed by atoms with Gasteiger partial charge in [0.25, 0.3) is 5.91 Å². The molecule has 0 aliphatic rings. The van der Waals surface area contributed by atoms with Gasteiger partial charge in [-0.05, 0) is 55.4 Å². The van der Waals surface area contributed by atoms with Gasteiger partial charge in [-0.1, -0.05) is 46.9 Å². The molecule has 0 unspecified atom stereocenters. The number of rotatable bonds is 4. The summed E-state index contributed by atoms with van der Waals surface area (Å²) in [6.45, 7) is 3.91. The Balaban J connectivity index is 2.07. The molecule has 0 saturated heterocycles. The Labute approximate surface area is 166 Å². The van der Waals surface area contributed by atoms with E-state index < -0.39 is 15.9 Å². The zero-order valence-corrected chi connectivity index (χ0v) is 16.5. The number of carbonyl (C=O) groups is 1. The van der Waals surface area contributed by atoms with E-state index in [0.717, 1.165) is 16.8 Å². The second-order valence-corrected chi connectivity index (χ2v) is 8.12. The van der Waals surface area contributed by atoms with Crippen LogP contribution in [0.3, 0.4) is 0 Å². The first-order chi connectivity index (χ1) is 11.7. The van der Waals surface area contributed by atoms with Crippen LogP contribution in [0.1, 0.15) is 21.7 Å². The second kappa shape index (κ2) is 8.27. The predicted molar refractivity (Wildman–Crippen MR) is 106 cm³/mol. The lowest BCUT2D eigenvalue weighted by molar-refractivity contribution is 0.0906. The van der Waals surface area contributed by atoms with E-state index in [-0.39, 0.29) is 10.9 Å². The highest BCUT2D eigenvalue weighted by atomic mass is 35.6. The number of aryl methyl sites for hydroxylation is 2. The zero-order chi connectivity index (χ0) is 18.6. The number of hydrogen-bond donors (Lipinski definition) is 3. The number of hydrogen-bond acceptors (Lipinski definition) is 3. The van der Waals surface area contributed by atoms with Gasteiger partial charge in [0.1, 0.15) is 6.17 Å². The Morgan fingerprint density at radius 3 is 2.52 bits per heavy atom. The van der Waals surface area contributed by atoms with E-state index in [2.05, 4.69) is 16.0 Å². The molecule has 1 heterocycles. The van der Waals surface area contributed by atoms with Crippen molar-refractivity contribution < 1.29 is 9.21 Å². The van der Waals surface area contributed by atoms with Crippen molar-refractivity contribution in [2.45, 2.75) is 23.8 Å². The third-order valence-electron chi connectivity index (χ3n) is 3.26. The van der Waals surface area contributed by atoms with E-state index in [1.807, 2.05) is 32.0 Å². The fraction of sp³-hybridized carbons (Fsp3) is 0.250. The van der Waals surface area contributed by atoms with Gasteiger partial charge in [0.05, 0.1) is 6.26 Å². The summed E-state index contributed by atoms with van der Waals surface area (Å²) in [5, 5.41) is 8.56. The third-order valence-corrected chi connectivity index (χ3v) is 4.14. The molecule has 0 aliphatic carbocycles. The van der Waals surface area contributed by atoms with Gasteiger partial charge in [0, 0.05) is 5.69 Å². The number of halogens is 3. The highest BCUT2D eigenvalue weighted by molar-refractivity contribution is 7.80. The fourth-order valence-corrected chi connectivity index (χ4v) is 2.52. The van der Waals surface area contributed by atoms with Crippen molar-refractivity contribution in [2.24, 2.45) is 0 Å². The summed E-state index contributed by atoms with van der Waals surface area (Å²) in [5.74, 6) is -0.446. The van der Waals surface area contributed by atoms with Crippen molar-refractivity contribution in [1.82, 2.24) is 10.6 Å². The molecule has 2 aromatic rings. The largest absolute Gasteiger partial charge is 0.459 e. The predicted octanol–water partition coefficient (Wildman–Crippen LogP) is 4.31. The lowest BCUT2D eigenvalue weighted by atomic mass is 10.1. The standard InChI is InChI=1S/C16H16Cl3N3O2S/c1-9-5-6-10(2)11(8-9)20-15(25)22-14(16(17,18)19)21-13(23)12-4-3-7-24-12/h3-8,14H,1-2H3,(H,21,23)(H2,20,22,25)/t14-/m0/s1. The third kappa shape index (κ3) is 5.78. The minimum atomic E-state index is -1.84. The first kappa shape index (κ1) is 19.8. The van der Waals surface area contributed by atoms with Crippen LogP contribution in [0.5, 0.6) is 0 Å². The highest BCUT2D eigenvalue weighted by Gasteiger charge is 2.35. The molecule has 1 amide bonds. The van der Waals surface area contributed by atoms with Gasteiger partial charge in [0.2, 0.25) is 3.79 Å². The monoisotopic (exact) mass is 419 g/mol. The summed E-state index contributed by atoms with van der Waals surface area (Å²) >= 11 is 23.1. The van der Waals surface area contributed by atoms with Crippen molar-refractivity contribution in [3.63, 3.8) is 0 Å². The molecule has 0 spiro atoms. The maximum absolute atomic E-state index is 12.1. The number of anilines is 1. The van der Waals surface area contributed by atoms with Crippen LogP contribution in [-0.4, -0.2) is 21.0 Å². The summed E-state index contributed by atoms with van der Waals surface area (Å²) in [6, 6.07) is 8.97. The van der Waals surface area contributed by atoms with E-state index in [9.17, 15) is 4.79 Å². The van der Waals surface area contributed by atoms with E-state index >= 15 is 0 Å².